The van der Waals surface area contributed by atoms with Crippen molar-refractivity contribution in [1.29, 1.82) is 0 Å². The Bertz CT molecular complexity index is 880. The number of methoxy groups -OCH3 is 1. The van der Waals surface area contributed by atoms with E-state index < -0.39 is 0 Å². The monoisotopic (exact) mass is 424 g/mol. The summed E-state index contributed by atoms with van der Waals surface area (Å²) < 4.78 is 19.0. The van der Waals surface area contributed by atoms with Gasteiger partial charge in [0.2, 0.25) is 0 Å². The number of ether oxygens (including phenoxy) is 1. The Hall–Kier alpha value is -2.60. The summed E-state index contributed by atoms with van der Waals surface area (Å²) in [5.74, 6) is 1.52. The summed E-state index contributed by atoms with van der Waals surface area (Å²) >= 11 is 0. The molecule has 2 aromatic carbocycles. The molecule has 2 aliphatic rings. The lowest BCUT2D eigenvalue weighted by atomic mass is 10.0. The van der Waals surface area contributed by atoms with E-state index in [2.05, 4.69) is 57.8 Å². The third-order valence-corrected chi connectivity index (χ3v) is 6.21. The Labute approximate surface area is 184 Å². The predicted molar refractivity (Wildman–Crippen MR) is 123 cm³/mol. The molecule has 1 aliphatic carbocycles. The number of hydrogen-bond donors (Lipinski definition) is 2. The average molecular weight is 425 g/mol. The summed E-state index contributed by atoms with van der Waals surface area (Å²) in [6, 6.07) is 16.8. The van der Waals surface area contributed by atoms with Crippen molar-refractivity contribution in [3.05, 3.63) is 65.5 Å². The molecule has 6 heteroatoms. The van der Waals surface area contributed by atoms with Crippen LogP contribution in [0.4, 0.5) is 4.39 Å². The topological polar surface area (TPSA) is 48.9 Å². The zero-order chi connectivity index (χ0) is 21.6. The van der Waals surface area contributed by atoms with E-state index in [0.29, 0.717) is 23.8 Å². The molecule has 1 heterocycles. The molecule has 0 bridgehead atoms. The lowest BCUT2D eigenvalue weighted by Gasteiger charge is -2.33. The molecule has 1 aliphatic heterocycles. The summed E-state index contributed by atoms with van der Waals surface area (Å²) in [5.41, 5.74) is 2.39. The molecule has 2 atom stereocenters. The van der Waals surface area contributed by atoms with E-state index in [1.165, 1.54) is 12.7 Å². The molecule has 31 heavy (non-hydrogen) atoms. The van der Waals surface area contributed by atoms with Crippen molar-refractivity contribution in [1.82, 2.24) is 15.5 Å². The normalized spacial score (nSPS) is 22.2. The summed E-state index contributed by atoms with van der Waals surface area (Å²) in [7, 11) is 1.49. The number of nitrogens with zero attached hydrogens (tertiary/aromatic N) is 2. The van der Waals surface area contributed by atoms with E-state index in [0.717, 1.165) is 57.0 Å². The molecule has 0 radical (unpaired) electrons. The zero-order valence-corrected chi connectivity index (χ0v) is 18.5. The van der Waals surface area contributed by atoms with Gasteiger partial charge in [0.1, 0.15) is 0 Å². The number of halogens is 1. The van der Waals surface area contributed by atoms with Crippen molar-refractivity contribution in [2.24, 2.45) is 4.99 Å². The first kappa shape index (κ1) is 21.6. The first-order chi connectivity index (χ1) is 15.2. The van der Waals surface area contributed by atoms with Crippen LogP contribution in [0, 0.1) is 5.82 Å². The van der Waals surface area contributed by atoms with Gasteiger partial charge in [0, 0.05) is 44.2 Å². The maximum Gasteiger partial charge on any atom is 0.191 e. The quantitative estimate of drug-likeness (QED) is 0.523. The molecular weight excluding hydrogens is 391 g/mol. The van der Waals surface area contributed by atoms with E-state index in [-0.39, 0.29) is 5.82 Å². The van der Waals surface area contributed by atoms with E-state index in [1.54, 1.807) is 12.1 Å². The minimum atomic E-state index is -0.295. The predicted octanol–water partition coefficient (Wildman–Crippen LogP) is 3.91. The van der Waals surface area contributed by atoms with Crippen LogP contribution < -0.4 is 15.4 Å². The van der Waals surface area contributed by atoms with Crippen LogP contribution in [-0.2, 0) is 6.54 Å². The molecule has 1 saturated carbocycles. The van der Waals surface area contributed by atoms with E-state index in [1.807, 2.05) is 6.07 Å². The Morgan fingerprint density at radius 1 is 1.13 bits per heavy atom. The fraction of sp³-hybridized carbons (Fsp3) is 0.480. The molecule has 2 aromatic rings. The highest BCUT2D eigenvalue weighted by molar-refractivity contribution is 5.81. The molecule has 0 spiro atoms. The van der Waals surface area contributed by atoms with Gasteiger partial charge in [-0.25, -0.2) is 4.39 Å². The zero-order valence-electron chi connectivity index (χ0n) is 18.5. The SMILES string of the molecule is CCN=C(NC1CCN(Cc2ccc(OC)c(F)c2)CC1)NC1CC1c1ccccc1. The van der Waals surface area contributed by atoms with Gasteiger partial charge in [-0.05, 0) is 49.4 Å². The van der Waals surface area contributed by atoms with Crippen LogP contribution in [0.2, 0.25) is 0 Å². The molecule has 0 aromatic heterocycles. The van der Waals surface area contributed by atoms with Gasteiger partial charge in [0.25, 0.3) is 0 Å². The molecule has 166 valence electrons. The highest BCUT2D eigenvalue weighted by Crippen LogP contribution is 2.40. The van der Waals surface area contributed by atoms with Crippen LogP contribution in [0.25, 0.3) is 0 Å². The molecule has 2 unspecified atom stereocenters. The Morgan fingerprint density at radius 3 is 2.58 bits per heavy atom. The number of benzene rings is 2. The van der Waals surface area contributed by atoms with Gasteiger partial charge < -0.3 is 15.4 Å². The van der Waals surface area contributed by atoms with Gasteiger partial charge in [-0.15, -0.1) is 0 Å². The number of guanidine groups is 1. The summed E-state index contributed by atoms with van der Waals surface area (Å²) in [6.07, 6.45) is 3.26. The Balaban J connectivity index is 1.24. The number of hydrogen-bond acceptors (Lipinski definition) is 3. The molecule has 4 rings (SSSR count). The largest absolute Gasteiger partial charge is 0.494 e. The third-order valence-electron chi connectivity index (χ3n) is 6.21. The lowest BCUT2D eigenvalue weighted by Crippen LogP contribution is -2.49. The van der Waals surface area contributed by atoms with Crippen molar-refractivity contribution in [2.45, 2.75) is 50.7 Å². The van der Waals surface area contributed by atoms with Crippen molar-refractivity contribution in [3.8, 4) is 5.75 Å². The maximum atomic E-state index is 14.0. The van der Waals surface area contributed by atoms with Crippen LogP contribution in [-0.4, -0.2) is 49.7 Å². The number of rotatable bonds is 7. The minimum Gasteiger partial charge on any atom is -0.494 e. The molecule has 1 saturated heterocycles. The average Bonchev–Trinajstić information content (AvgIpc) is 3.55. The van der Waals surface area contributed by atoms with Gasteiger partial charge >= 0.3 is 0 Å². The first-order valence-electron chi connectivity index (χ1n) is 11.3. The first-order valence-corrected chi connectivity index (χ1v) is 11.3. The van der Waals surface area contributed by atoms with Gasteiger partial charge in [-0.3, -0.25) is 9.89 Å². The molecule has 2 N–H and O–H groups in total. The standard InChI is InChI=1S/C25H33FN4O/c1-3-27-25(29-23-16-21(23)19-7-5-4-6-8-19)28-20-11-13-30(14-12-20)17-18-9-10-24(31-2)22(26)15-18/h4-10,15,20-21,23H,3,11-14,16-17H2,1-2H3,(H2,27,28,29). The fourth-order valence-corrected chi connectivity index (χ4v) is 4.39. The van der Waals surface area contributed by atoms with Gasteiger partial charge in [-0.1, -0.05) is 36.4 Å². The van der Waals surface area contributed by atoms with Crippen LogP contribution in [0.3, 0.4) is 0 Å². The maximum absolute atomic E-state index is 14.0. The fourth-order valence-electron chi connectivity index (χ4n) is 4.39. The van der Waals surface area contributed by atoms with E-state index in [9.17, 15) is 4.39 Å². The van der Waals surface area contributed by atoms with Crippen LogP contribution >= 0.6 is 0 Å². The summed E-state index contributed by atoms with van der Waals surface area (Å²) in [4.78, 5) is 7.05. The van der Waals surface area contributed by atoms with Gasteiger partial charge in [0.05, 0.1) is 7.11 Å². The summed E-state index contributed by atoms with van der Waals surface area (Å²) in [6.45, 7) is 5.58. The highest BCUT2D eigenvalue weighted by atomic mass is 19.1. The van der Waals surface area contributed by atoms with Crippen LogP contribution in [0.15, 0.2) is 53.5 Å². The second-order valence-corrected chi connectivity index (χ2v) is 8.49. The third kappa shape index (κ3) is 5.76. The summed E-state index contributed by atoms with van der Waals surface area (Å²) in [5, 5.41) is 7.27. The lowest BCUT2D eigenvalue weighted by molar-refractivity contribution is 0.198. The molecule has 5 nitrogen and oxygen atoms in total. The van der Waals surface area contributed by atoms with Crippen molar-refractivity contribution < 1.29 is 9.13 Å². The van der Waals surface area contributed by atoms with Gasteiger partial charge in [-0.2, -0.15) is 0 Å². The number of piperidine rings is 1. The van der Waals surface area contributed by atoms with Crippen molar-refractivity contribution >= 4 is 5.96 Å². The van der Waals surface area contributed by atoms with E-state index >= 15 is 0 Å². The smallest absolute Gasteiger partial charge is 0.191 e. The molecule has 2 fully saturated rings. The number of aliphatic imine (C=N–C) groups is 1. The number of likely N-dealkylation sites (tertiary alicyclic amines) is 1. The Morgan fingerprint density at radius 2 is 1.90 bits per heavy atom. The van der Waals surface area contributed by atoms with E-state index in [4.69, 9.17) is 4.74 Å². The molecular formula is C25H33FN4O. The van der Waals surface area contributed by atoms with Crippen molar-refractivity contribution in [3.63, 3.8) is 0 Å². The second-order valence-electron chi connectivity index (χ2n) is 8.49. The minimum absolute atomic E-state index is 0.295. The van der Waals surface area contributed by atoms with Gasteiger partial charge in [0.15, 0.2) is 17.5 Å². The second kappa shape index (κ2) is 10.1. The molecule has 0 amide bonds. The Kier molecular flexibility index (Phi) is 7.07. The number of nitrogens with one attached hydrogen (secondary N) is 2. The van der Waals surface area contributed by atoms with Crippen molar-refractivity contribution in [2.75, 3.05) is 26.7 Å². The highest BCUT2D eigenvalue weighted by Gasteiger charge is 2.39. The van der Waals surface area contributed by atoms with Crippen LogP contribution in [0.1, 0.15) is 43.2 Å². The van der Waals surface area contributed by atoms with Crippen LogP contribution in [0.5, 0.6) is 5.75 Å².